The van der Waals surface area contributed by atoms with Crippen molar-refractivity contribution in [2.75, 3.05) is 0 Å². The Hall–Kier alpha value is -0.0400. The summed E-state index contributed by atoms with van der Waals surface area (Å²) in [5, 5.41) is -0.205. The SMILES string of the molecule is CC(C)[C@@H]1CCCC(=O)[C@@H]1Cl. The first kappa shape index (κ1) is 9.05. The van der Waals surface area contributed by atoms with E-state index < -0.39 is 0 Å². The van der Waals surface area contributed by atoms with Crippen LogP contribution in [0, 0.1) is 11.8 Å². The molecule has 1 rings (SSSR count). The van der Waals surface area contributed by atoms with Crippen LogP contribution in [0.15, 0.2) is 0 Å². The van der Waals surface area contributed by atoms with E-state index in [0.717, 1.165) is 12.8 Å². The van der Waals surface area contributed by atoms with Gasteiger partial charge in [0, 0.05) is 6.42 Å². The molecule has 0 bridgehead atoms. The molecule has 0 spiro atoms. The van der Waals surface area contributed by atoms with Crippen LogP contribution in [0.3, 0.4) is 0 Å². The Labute approximate surface area is 73.1 Å². The number of rotatable bonds is 1. The largest absolute Gasteiger partial charge is 0.298 e. The number of Topliss-reactive ketones (excluding diaryl/α,β-unsaturated/α-hetero) is 1. The van der Waals surface area contributed by atoms with Crippen LogP contribution in [-0.4, -0.2) is 11.2 Å². The van der Waals surface area contributed by atoms with Crippen molar-refractivity contribution in [3.05, 3.63) is 0 Å². The summed E-state index contributed by atoms with van der Waals surface area (Å²) in [5.41, 5.74) is 0. The predicted molar refractivity (Wildman–Crippen MR) is 46.8 cm³/mol. The molecule has 1 nitrogen and oxygen atoms in total. The lowest BCUT2D eigenvalue weighted by Gasteiger charge is -2.28. The van der Waals surface area contributed by atoms with Gasteiger partial charge in [-0.2, -0.15) is 0 Å². The molecule has 0 amide bonds. The molecule has 0 N–H and O–H groups in total. The summed E-state index contributed by atoms with van der Waals surface area (Å²) in [6.07, 6.45) is 2.85. The molecule has 1 saturated carbocycles. The molecule has 2 heteroatoms. The number of alkyl halides is 1. The molecular formula is C9H15ClO. The Kier molecular flexibility index (Phi) is 2.94. The average molecular weight is 175 g/mol. The van der Waals surface area contributed by atoms with Gasteiger partial charge in [-0.05, 0) is 24.7 Å². The monoisotopic (exact) mass is 174 g/mol. The normalized spacial score (nSPS) is 32.9. The van der Waals surface area contributed by atoms with Crippen molar-refractivity contribution in [1.82, 2.24) is 0 Å². The van der Waals surface area contributed by atoms with Crippen LogP contribution in [0.4, 0.5) is 0 Å². The first-order valence-corrected chi connectivity index (χ1v) is 4.73. The molecule has 0 aromatic heterocycles. The van der Waals surface area contributed by atoms with Gasteiger partial charge in [0.25, 0.3) is 0 Å². The lowest BCUT2D eigenvalue weighted by Crippen LogP contribution is -2.32. The maximum absolute atomic E-state index is 11.2. The van der Waals surface area contributed by atoms with Crippen LogP contribution in [0.1, 0.15) is 33.1 Å². The van der Waals surface area contributed by atoms with Crippen molar-refractivity contribution in [1.29, 1.82) is 0 Å². The molecule has 0 heterocycles. The molecule has 1 aliphatic rings. The average Bonchev–Trinajstić information content (AvgIpc) is 1.94. The summed E-state index contributed by atoms with van der Waals surface area (Å²) in [7, 11) is 0. The second-order valence-electron chi connectivity index (χ2n) is 3.67. The Morgan fingerprint density at radius 2 is 2.18 bits per heavy atom. The fourth-order valence-electron chi connectivity index (χ4n) is 1.71. The molecule has 0 unspecified atom stereocenters. The molecule has 1 aliphatic carbocycles. The Morgan fingerprint density at radius 1 is 1.55 bits per heavy atom. The Balaban J connectivity index is 2.58. The summed E-state index contributed by atoms with van der Waals surface area (Å²) in [4.78, 5) is 11.2. The van der Waals surface area contributed by atoms with Gasteiger partial charge in [-0.3, -0.25) is 4.79 Å². The van der Waals surface area contributed by atoms with Gasteiger partial charge in [0.05, 0.1) is 5.38 Å². The lowest BCUT2D eigenvalue weighted by molar-refractivity contribution is -0.121. The van der Waals surface area contributed by atoms with Gasteiger partial charge < -0.3 is 0 Å². The van der Waals surface area contributed by atoms with Gasteiger partial charge in [0.2, 0.25) is 0 Å². The summed E-state index contributed by atoms with van der Waals surface area (Å²) in [5.74, 6) is 1.20. The van der Waals surface area contributed by atoms with Crippen molar-refractivity contribution in [2.45, 2.75) is 38.5 Å². The molecule has 0 aromatic carbocycles. The first-order valence-electron chi connectivity index (χ1n) is 4.29. The summed E-state index contributed by atoms with van der Waals surface area (Å²) in [6.45, 7) is 4.28. The number of halogens is 1. The molecule has 0 aliphatic heterocycles. The smallest absolute Gasteiger partial charge is 0.150 e. The lowest BCUT2D eigenvalue weighted by atomic mass is 9.81. The zero-order valence-corrected chi connectivity index (χ0v) is 7.90. The van der Waals surface area contributed by atoms with Crippen LogP contribution in [0.25, 0.3) is 0 Å². The van der Waals surface area contributed by atoms with Gasteiger partial charge in [0.1, 0.15) is 0 Å². The highest BCUT2D eigenvalue weighted by molar-refractivity contribution is 6.31. The van der Waals surface area contributed by atoms with Crippen molar-refractivity contribution < 1.29 is 4.79 Å². The highest BCUT2D eigenvalue weighted by atomic mass is 35.5. The summed E-state index contributed by atoms with van der Waals surface area (Å²) < 4.78 is 0. The van der Waals surface area contributed by atoms with Crippen LogP contribution < -0.4 is 0 Å². The molecular weight excluding hydrogens is 160 g/mol. The molecule has 2 atom stereocenters. The van der Waals surface area contributed by atoms with E-state index in [0.29, 0.717) is 18.3 Å². The second-order valence-corrected chi connectivity index (χ2v) is 4.14. The Bertz CT molecular complexity index is 154. The number of carbonyl (C=O) groups is 1. The third-order valence-electron chi connectivity index (χ3n) is 2.50. The highest BCUT2D eigenvalue weighted by Gasteiger charge is 2.31. The highest BCUT2D eigenvalue weighted by Crippen LogP contribution is 2.31. The Morgan fingerprint density at radius 3 is 2.64 bits per heavy atom. The minimum absolute atomic E-state index is 0.205. The number of hydrogen-bond donors (Lipinski definition) is 0. The van der Waals surface area contributed by atoms with E-state index in [1.54, 1.807) is 0 Å². The van der Waals surface area contributed by atoms with Crippen LogP contribution in [0.2, 0.25) is 0 Å². The fourth-order valence-corrected chi connectivity index (χ4v) is 2.23. The van der Waals surface area contributed by atoms with E-state index in [1.165, 1.54) is 0 Å². The van der Waals surface area contributed by atoms with E-state index in [2.05, 4.69) is 13.8 Å². The standard InChI is InChI=1S/C9H15ClO/c1-6(2)7-4-3-5-8(11)9(7)10/h6-7,9H,3-5H2,1-2H3/t7-,9+/m0/s1. The van der Waals surface area contributed by atoms with Crippen molar-refractivity contribution in [2.24, 2.45) is 11.8 Å². The first-order chi connectivity index (χ1) is 5.13. The van der Waals surface area contributed by atoms with Gasteiger partial charge in [0.15, 0.2) is 5.78 Å². The van der Waals surface area contributed by atoms with Crippen molar-refractivity contribution in [3.8, 4) is 0 Å². The van der Waals surface area contributed by atoms with Gasteiger partial charge in [-0.25, -0.2) is 0 Å². The molecule has 1 fully saturated rings. The number of hydrogen-bond acceptors (Lipinski definition) is 1. The minimum Gasteiger partial charge on any atom is -0.298 e. The molecule has 0 radical (unpaired) electrons. The third kappa shape index (κ3) is 1.96. The van der Waals surface area contributed by atoms with E-state index in [4.69, 9.17) is 11.6 Å². The van der Waals surface area contributed by atoms with Crippen LogP contribution in [-0.2, 0) is 4.79 Å². The van der Waals surface area contributed by atoms with Gasteiger partial charge >= 0.3 is 0 Å². The van der Waals surface area contributed by atoms with Crippen LogP contribution in [0.5, 0.6) is 0 Å². The van der Waals surface area contributed by atoms with Crippen molar-refractivity contribution >= 4 is 17.4 Å². The summed E-state index contributed by atoms with van der Waals surface area (Å²) in [6, 6.07) is 0. The van der Waals surface area contributed by atoms with E-state index in [-0.39, 0.29) is 11.2 Å². The number of ketones is 1. The second kappa shape index (κ2) is 3.57. The fraction of sp³-hybridized carbons (Fsp3) is 0.889. The van der Waals surface area contributed by atoms with Crippen molar-refractivity contribution in [3.63, 3.8) is 0 Å². The van der Waals surface area contributed by atoms with E-state index in [9.17, 15) is 4.79 Å². The predicted octanol–water partition coefficient (Wildman–Crippen LogP) is 2.62. The maximum atomic E-state index is 11.2. The molecule has 0 aromatic rings. The molecule has 64 valence electrons. The van der Waals surface area contributed by atoms with E-state index in [1.807, 2.05) is 0 Å². The van der Waals surface area contributed by atoms with Gasteiger partial charge in [-0.1, -0.05) is 13.8 Å². The third-order valence-corrected chi connectivity index (χ3v) is 3.07. The molecule has 0 saturated heterocycles. The zero-order chi connectivity index (χ0) is 8.43. The van der Waals surface area contributed by atoms with Gasteiger partial charge in [-0.15, -0.1) is 11.6 Å². The van der Waals surface area contributed by atoms with E-state index >= 15 is 0 Å². The molecule has 11 heavy (non-hydrogen) atoms. The summed E-state index contributed by atoms with van der Waals surface area (Å²) >= 11 is 5.98. The van der Waals surface area contributed by atoms with Crippen LogP contribution >= 0.6 is 11.6 Å². The maximum Gasteiger partial charge on any atom is 0.150 e. The minimum atomic E-state index is -0.205. The topological polar surface area (TPSA) is 17.1 Å². The zero-order valence-electron chi connectivity index (χ0n) is 7.14. The quantitative estimate of drug-likeness (QED) is 0.559. The number of carbonyl (C=O) groups excluding carboxylic acids is 1.